The SMILES string of the molecule is CN(C)c1ccc(-c2cc(S(N)(=O)=O)cc(C(F)(F)F)c2-n2cccn2)cc1. The summed E-state index contributed by atoms with van der Waals surface area (Å²) in [6.07, 6.45) is -2.12. The van der Waals surface area contributed by atoms with E-state index < -0.39 is 26.7 Å². The molecule has 1 heterocycles. The van der Waals surface area contributed by atoms with Crippen LogP contribution >= 0.6 is 0 Å². The molecule has 2 aromatic carbocycles. The first-order valence-corrected chi connectivity index (χ1v) is 9.59. The molecule has 3 rings (SSSR count). The molecule has 1 aromatic heterocycles. The van der Waals surface area contributed by atoms with Gasteiger partial charge in [-0.25, -0.2) is 18.2 Å². The third kappa shape index (κ3) is 3.87. The average molecular weight is 410 g/mol. The number of nitrogens with zero attached hydrogens (tertiary/aromatic N) is 3. The van der Waals surface area contributed by atoms with Crippen LogP contribution in [0.2, 0.25) is 0 Å². The van der Waals surface area contributed by atoms with E-state index in [1.165, 1.54) is 18.5 Å². The molecule has 0 saturated carbocycles. The maximum absolute atomic E-state index is 13.8. The number of primary sulfonamides is 1. The molecule has 0 atom stereocenters. The fourth-order valence-corrected chi connectivity index (χ4v) is 3.36. The van der Waals surface area contributed by atoms with Gasteiger partial charge >= 0.3 is 6.18 Å². The Kier molecular flexibility index (Phi) is 4.94. The van der Waals surface area contributed by atoms with Gasteiger partial charge in [-0.3, -0.25) is 0 Å². The largest absolute Gasteiger partial charge is 0.418 e. The molecule has 0 aliphatic rings. The van der Waals surface area contributed by atoms with E-state index in [0.29, 0.717) is 11.6 Å². The minimum Gasteiger partial charge on any atom is -0.378 e. The van der Waals surface area contributed by atoms with Gasteiger partial charge in [-0.05, 0) is 35.9 Å². The van der Waals surface area contributed by atoms with E-state index in [2.05, 4.69) is 5.10 Å². The molecule has 0 saturated heterocycles. The highest BCUT2D eigenvalue weighted by molar-refractivity contribution is 7.89. The standard InChI is InChI=1S/C18H17F3N4O2S/c1-24(2)13-6-4-12(5-7-13)15-10-14(28(22,26)27)11-16(18(19,20)21)17(15)25-9-3-8-23-25/h3-11H,1-2H3,(H2,22,26,27). The summed E-state index contributed by atoms with van der Waals surface area (Å²) < 4.78 is 66.1. The topological polar surface area (TPSA) is 81.2 Å². The van der Waals surface area contributed by atoms with Crippen LogP contribution < -0.4 is 10.0 Å². The molecule has 0 bridgehead atoms. The van der Waals surface area contributed by atoms with Crippen molar-refractivity contribution in [3.8, 4) is 16.8 Å². The molecular weight excluding hydrogens is 393 g/mol. The van der Waals surface area contributed by atoms with Gasteiger partial charge in [0.25, 0.3) is 0 Å². The predicted molar refractivity (Wildman–Crippen MR) is 99.7 cm³/mol. The summed E-state index contributed by atoms with van der Waals surface area (Å²) in [5, 5.41) is 9.04. The fraction of sp³-hybridized carbons (Fsp3) is 0.167. The van der Waals surface area contributed by atoms with Gasteiger partial charge in [0.05, 0.1) is 16.1 Å². The third-order valence-electron chi connectivity index (χ3n) is 4.15. The van der Waals surface area contributed by atoms with E-state index in [1.807, 2.05) is 19.0 Å². The van der Waals surface area contributed by atoms with E-state index >= 15 is 0 Å². The zero-order chi connectivity index (χ0) is 20.7. The van der Waals surface area contributed by atoms with Crippen LogP contribution in [0.25, 0.3) is 16.8 Å². The highest BCUT2D eigenvalue weighted by atomic mass is 32.2. The van der Waals surface area contributed by atoms with Gasteiger partial charge in [0, 0.05) is 37.7 Å². The number of sulfonamides is 1. The first-order chi connectivity index (χ1) is 13.0. The van der Waals surface area contributed by atoms with E-state index in [-0.39, 0.29) is 11.3 Å². The molecule has 10 heteroatoms. The number of anilines is 1. The van der Waals surface area contributed by atoms with Crippen LogP contribution in [0.3, 0.4) is 0 Å². The fourth-order valence-electron chi connectivity index (χ4n) is 2.80. The summed E-state index contributed by atoms with van der Waals surface area (Å²) in [4.78, 5) is 1.21. The Labute approximate surface area is 160 Å². The van der Waals surface area contributed by atoms with Crippen molar-refractivity contribution < 1.29 is 21.6 Å². The Morgan fingerprint density at radius 2 is 1.75 bits per heavy atom. The first-order valence-electron chi connectivity index (χ1n) is 8.04. The average Bonchev–Trinajstić information content (AvgIpc) is 3.13. The molecule has 148 valence electrons. The van der Waals surface area contributed by atoms with Crippen LogP contribution in [-0.2, 0) is 16.2 Å². The molecule has 0 aliphatic carbocycles. The molecule has 0 unspecified atom stereocenters. The van der Waals surface area contributed by atoms with Crippen molar-refractivity contribution in [1.82, 2.24) is 9.78 Å². The second-order valence-corrected chi connectivity index (χ2v) is 7.86. The normalized spacial score (nSPS) is 12.2. The highest BCUT2D eigenvalue weighted by Crippen LogP contribution is 2.40. The lowest BCUT2D eigenvalue weighted by atomic mass is 9.99. The van der Waals surface area contributed by atoms with Crippen molar-refractivity contribution in [1.29, 1.82) is 0 Å². The van der Waals surface area contributed by atoms with Crippen LogP contribution in [0.4, 0.5) is 18.9 Å². The van der Waals surface area contributed by atoms with Crippen molar-refractivity contribution in [2.24, 2.45) is 5.14 Å². The second kappa shape index (κ2) is 6.95. The Morgan fingerprint density at radius 3 is 2.21 bits per heavy atom. The predicted octanol–water partition coefficient (Wildman–Crippen LogP) is 3.27. The Morgan fingerprint density at radius 1 is 1.11 bits per heavy atom. The zero-order valence-electron chi connectivity index (χ0n) is 15.0. The van der Waals surface area contributed by atoms with Gasteiger partial charge < -0.3 is 4.90 Å². The van der Waals surface area contributed by atoms with E-state index in [4.69, 9.17) is 5.14 Å². The smallest absolute Gasteiger partial charge is 0.378 e. The second-order valence-electron chi connectivity index (χ2n) is 6.30. The summed E-state index contributed by atoms with van der Waals surface area (Å²) in [5.41, 5.74) is -0.139. The minimum atomic E-state index is -4.82. The van der Waals surface area contributed by atoms with Crippen LogP contribution in [0.1, 0.15) is 5.56 Å². The van der Waals surface area contributed by atoms with Gasteiger partial charge in [-0.1, -0.05) is 12.1 Å². The van der Waals surface area contributed by atoms with E-state index in [9.17, 15) is 21.6 Å². The lowest BCUT2D eigenvalue weighted by molar-refractivity contribution is -0.137. The molecule has 2 N–H and O–H groups in total. The zero-order valence-corrected chi connectivity index (χ0v) is 15.8. The van der Waals surface area contributed by atoms with Crippen molar-refractivity contribution >= 4 is 15.7 Å². The maximum Gasteiger partial charge on any atom is 0.418 e. The monoisotopic (exact) mass is 410 g/mol. The van der Waals surface area contributed by atoms with Crippen LogP contribution in [-0.4, -0.2) is 32.3 Å². The van der Waals surface area contributed by atoms with Crippen LogP contribution in [0, 0.1) is 0 Å². The van der Waals surface area contributed by atoms with Crippen LogP contribution in [0.5, 0.6) is 0 Å². The molecule has 0 spiro atoms. The number of hydrogen-bond donors (Lipinski definition) is 1. The quantitative estimate of drug-likeness (QED) is 0.716. The van der Waals surface area contributed by atoms with Gasteiger partial charge in [-0.2, -0.15) is 18.3 Å². The lowest BCUT2D eigenvalue weighted by Gasteiger charge is -2.19. The van der Waals surface area contributed by atoms with Crippen molar-refractivity contribution in [2.45, 2.75) is 11.1 Å². The molecule has 6 nitrogen and oxygen atoms in total. The van der Waals surface area contributed by atoms with Crippen molar-refractivity contribution in [3.05, 3.63) is 60.4 Å². The number of aromatic nitrogens is 2. The summed E-state index contributed by atoms with van der Waals surface area (Å²) in [7, 11) is -0.707. The Bertz CT molecular complexity index is 1090. The van der Waals surface area contributed by atoms with Gasteiger partial charge in [0.2, 0.25) is 10.0 Å². The molecule has 0 fully saturated rings. The van der Waals surface area contributed by atoms with Gasteiger partial charge in [-0.15, -0.1) is 0 Å². The number of benzene rings is 2. The first kappa shape index (κ1) is 19.9. The number of alkyl halides is 3. The number of nitrogens with two attached hydrogens (primary N) is 1. The lowest BCUT2D eigenvalue weighted by Crippen LogP contribution is -2.18. The third-order valence-corrected chi connectivity index (χ3v) is 5.04. The molecule has 28 heavy (non-hydrogen) atoms. The summed E-state index contributed by atoms with van der Waals surface area (Å²) >= 11 is 0. The van der Waals surface area contributed by atoms with Gasteiger partial charge in [0.15, 0.2) is 0 Å². The van der Waals surface area contributed by atoms with E-state index in [0.717, 1.165) is 16.4 Å². The summed E-state index contributed by atoms with van der Waals surface area (Å²) in [6.45, 7) is 0. The van der Waals surface area contributed by atoms with Crippen LogP contribution in [0.15, 0.2) is 59.8 Å². The molecular formula is C18H17F3N4O2S. The summed E-state index contributed by atoms with van der Waals surface area (Å²) in [5.74, 6) is 0. The molecule has 0 amide bonds. The maximum atomic E-state index is 13.8. The van der Waals surface area contributed by atoms with Gasteiger partial charge in [0.1, 0.15) is 0 Å². The summed E-state index contributed by atoms with van der Waals surface area (Å²) in [6, 6.07) is 9.82. The number of rotatable bonds is 4. The Balaban J connectivity index is 2.38. The number of halogens is 3. The minimum absolute atomic E-state index is 0.0489. The van der Waals surface area contributed by atoms with Crippen molar-refractivity contribution in [3.63, 3.8) is 0 Å². The Hall–Kier alpha value is -2.85. The highest BCUT2D eigenvalue weighted by Gasteiger charge is 2.37. The molecule has 0 aliphatic heterocycles. The number of hydrogen-bond acceptors (Lipinski definition) is 4. The molecule has 3 aromatic rings. The van der Waals surface area contributed by atoms with Crippen molar-refractivity contribution in [2.75, 3.05) is 19.0 Å². The molecule has 0 radical (unpaired) electrons. The van der Waals surface area contributed by atoms with E-state index in [1.54, 1.807) is 24.3 Å².